The van der Waals surface area contributed by atoms with Gasteiger partial charge in [-0.2, -0.15) is 5.26 Å². The molecular weight excluding hydrogens is 292 g/mol. The Balaban J connectivity index is 1.76. The van der Waals surface area contributed by atoms with Crippen molar-refractivity contribution in [2.75, 3.05) is 44.3 Å². The van der Waals surface area contributed by atoms with Crippen LogP contribution in [0.25, 0.3) is 0 Å². The molecule has 0 aliphatic carbocycles. The Morgan fingerprint density at radius 1 is 1.30 bits per heavy atom. The van der Waals surface area contributed by atoms with Crippen molar-refractivity contribution in [2.24, 2.45) is 0 Å². The molecule has 2 aliphatic rings. The molecule has 0 bridgehead atoms. The van der Waals surface area contributed by atoms with Gasteiger partial charge in [0.2, 0.25) is 0 Å². The first kappa shape index (κ1) is 16.2. The maximum absolute atomic E-state index is 10.6. The monoisotopic (exact) mass is 316 g/mol. The zero-order chi connectivity index (χ0) is 16.4. The first-order chi connectivity index (χ1) is 11.1. The third kappa shape index (κ3) is 3.32. The summed E-state index contributed by atoms with van der Waals surface area (Å²) < 4.78 is 5.39. The molecule has 0 amide bonds. The number of piperidine rings is 1. The van der Waals surface area contributed by atoms with Crippen LogP contribution >= 0.6 is 0 Å². The number of ether oxygens (including phenoxy) is 1. The molecule has 1 aromatic rings. The second kappa shape index (κ2) is 6.83. The Bertz CT molecular complexity index is 607. The van der Waals surface area contributed by atoms with Crippen LogP contribution in [0.15, 0.2) is 6.07 Å². The van der Waals surface area contributed by atoms with Crippen LogP contribution in [0.3, 0.4) is 0 Å². The number of aliphatic hydroxyl groups excluding tert-OH is 1. The lowest BCUT2D eigenvalue weighted by atomic mass is 9.98. The Labute approximate surface area is 137 Å². The molecule has 3 rings (SSSR count). The predicted molar refractivity (Wildman–Crippen MR) is 87.4 cm³/mol. The van der Waals surface area contributed by atoms with E-state index in [1.807, 2.05) is 19.9 Å². The van der Waals surface area contributed by atoms with Crippen molar-refractivity contribution in [1.29, 1.82) is 5.26 Å². The average molecular weight is 316 g/mol. The van der Waals surface area contributed by atoms with Gasteiger partial charge in [0.1, 0.15) is 11.9 Å². The minimum absolute atomic E-state index is 0.173. The number of pyridine rings is 1. The fraction of sp³-hybridized carbons (Fsp3) is 0.647. The lowest BCUT2D eigenvalue weighted by molar-refractivity contribution is -0.0274. The highest BCUT2D eigenvalue weighted by Crippen LogP contribution is 2.27. The minimum Gasteiger partial charge on any atom is -0.390 e. The summed E-state index contributed by atoms with van der Waals surface area (Å²) in [6, 6.07) is 4.37. The van der Waals surface area contributed by atoms with Crippen molar-refractivity contribution >= 4 is 5.82 Å². The number of nitrogens with zero attached hydrogens (tertiary/aromatic N) is 4. The molecule has 0 aromatic carbocycles. The molecule has 2 saturated heterocycles. The molecule has 1 aromatic heterocycles. The highest BCUT2D eigenvalue weighted by molar-refractivity contribution is 5.58. The standard InChI is InChI=1S/C17H24N4O2/c1-12-9-13(2)19-17(14(12)10-18)21-4-3-15(16(22)11-21)20-5-7-23-8-6-20/h9,15-16,22H,3-8,11H2,1-2H3. The Morgan fingerprint density at radius 3 is 2.70 bits per heavy atom. The maximum atomic E-state index is 10.6. The normalized spacial score (nSPS) is 26.1. The molecule has 3 heterocycles. The fourth-order valence-electron chi connectivity index (χ4n) is 3.63. The van der Waals surface area contributed by atoms with Gasteiger partial charge in [0, 0.05) is 37.9 Å². The van der Waals surface area contributed by atoms with Crippen LogP contribution in [0.1, 0.15) is 23.2 Å². The van der Waals surface area contributed by atoms with Gasteiger partial charge in [0.15, 0.2) is 0 Å². The van der Waals surface area contributed by atoms with E-state index in [1.54, 1.807) is 0 Å². The van der Waals surface area contributed by atoms with E-state index in [-0.39, 0.29) is 6.04 Å². The summed E-state index contributed by atoms with van der Waals surface area (Å²) in [6.07, 6.45) is 0.441. The molecule has 0 spiro atoms. The predicted octanol–water partition coefficient (Wildman–Crippen LogP) is 0.842. The Morgan fingerprint density at radius 2 is 2.04 bits per heavy atom. The number of rotatable bonds is 2. The quantitative estimate of drug-likeness (QED) is 0.872. The van der Waals surface area contributed by atoms with Crippen molar-refractivity contribution in [3.63, 3.8) is 0 Å². The van der Waals surface area contributed by atoms with E-state index in [0.29, 0.717) is 17.9 Å². The minimum atomic E-state index is -0.434. The molecule has 0 radical (unpaired) electrons. The molecule has 2 aliphatic heterocycles. The third-order valence-electron chi connectivity index (χ3n) is 4.80. The second-order valence-electron chi connectivity index (χ2n) is 6.41. The van der Waals surface area contributed by atoms with Crippen molar-refractivity contribution in [2.45, 2.75) is 32.4 Å². The lowest BCUT2D eigenvalue weighted by Gasteiger charge is -2.43. The number of anilines is 1. The van der Waals surface area contributed by atoms with E-state index in [4.69, 9.17) is 4.74 Å². The summed E-state index contributed by atoms with van der Waals surface area (Å²) >= 11 is 0. The number of aryl methyl sites for hydroxylation is 2. The average Bonchev–Trinajstić information content (AvgIpc) is 2.55. The van der Waals surface area contributed by atoms with Crippen LogP contribution < -0.4 is 4.90 Å². The van der Waals surface area contributed by atoms with Crippen molar-refractivity contribution in [1.82, 2.24) is 9.88 Å². The van der Waals surface area contributed by atoms with E-state index >= 15 is 0 Å². The summed E-state index contributed by atoms with van der Waals surface area (Å²) in [4.78, 5) is 8.94. The molecule has 1 N–H and O–H groups in total. The van der Waals surface area contributed by atoms with Crippen molar-refractivity contribution in [3.8, 4) is 6.07 Å². The highest BCUT2D eigenvalue weighted by atomic mass is 16.5. The molecule has 124 valence electrons. The van der Waals surface area contributed by atoms with E-state index in [1.165, 1.54) is 0 Å². The molecule has 2 atom stereocenters. The van der Waals surface area contributed by atoms with Crippen LogP contribution in [0, 0.1) is 25.2 Å². The van der Waals surface area contributed by atoms with Gasteiger partial charge in [-0.15, -0.1) is 0 Å². The van der Waals surface area contributed by atoms with Gasteiger partial charge in [0.25, 0.3) is 0 Å². The molecule has 6 heteroatoms. The van der Waals surface area contributed by atoms with Crippen molar-refractivity contribution in [3.05, 3.63) is 22.9 Å². The largest absolute Gasteiger partial charge is 0.390 e. The summed E-state index contributed by atoms with van der Waals surface area (Å²) in [5.41, 5.74) is 2.47. The van der Waals surface area contributed by atoms with E-state index < -0.39 is 6.10 Å². The zero-order valence-electron chi connectivity index (χ0n) is 13.8. The van der Waals surface area contributed by atoms with Gasteiger partial charge < -0.3 is 14.7 Å². The first-order valence-corrected chi connectivity index (χ1v) is 8.23. The number of hydrogen-bond acceptors (Lipinski definition) is 6. The van der Waals surface area contributed by atoms with Crippen LogP contribution in [0.5, 0.6) is 0 Å². The van der Waals surface area contributed by atoms with Gasteiger partial charge in [0.05, 0.1) is 24.9 Å². The lowest BCUT2D eigenvalue weighted by Crippen LogP contribution is -2.57. The number of morpholine rings is 1. The second-order valence-corrected chi connectivity index (χ2v) is 6.41. The fourth-order valence-corrected chi connectivity index (χ4v) is 3.63. The number of aromatic nitrogens is 1. The Kier molecular flexibility index (Phi) is 4.81. The smallest absolute Gasteiger partial charge is 0.147 e. The van der Waals surface area contributed by atoms with E-state index in [2.05, 4.69) is 20.9 Å². The molecule has 0 saturated carbocycles. The van der Waals surface area contributed by atoms with Crippen molar-refractivity contribution < 1.29 is 9.84 Å². The third-order valence-corrected chi connectivity index (χ3v) is 4.80. The van der Waals surface area contributed by atoms with Gasteiger partial charge in [-0.1, -0.05) is 0 Å². The molecule has 2 unspecified atom stereocenters. The summed E-state index contributed by atoms with van der Waals surface area (Å²) in [5.74, 6) is 0.712. The van der Waals surface area contributed by atoms with Crippen LogP contribution in [-0.4, -0.2) is 66.5 Å². The number of aliphatic hydroxyl groups is 1. The van der Waals surface area contributed by atoms with Gasteiger partial charge >= 0.3 is 0 Å². The maximum Gasteiger partial charge on any atom is 0.147 e. The SMILES string of the molecule is Cc1cc(C)c(C#N)c(N2CCC(N3CCOCC3)C(O)C2)n1. The number of hydrogen-bond donors (Lipinski definition) is 1. The van der Waals surface area contributed by atoms with E-state index in [9.17, 15) is 10.4 Å². The molecule has 6 nitrogen and oxygen atoms in total. The van der Waals surface area contributed by atoms with E-state index in [0.717, 1.165) is 50.5 Å². The number of nitriles is 1. The van der Waals surface area contributed by atoms with Gasteiger partial charge in [-0.3, -0.25) is 4.90 Å². The molecular formula is C17H24N4O2. The summed E-state index contributed by atoms with van der Waals surface area (Å²) in [6.45, 7) is 8.45. The topological polar surface area (TPSA) is 72.6 Å². The zero-order valence-corrected chi connectivity index (χ0v) is 13.8. The number of β-amino-alcohol motifs (C(OH)–C–C–N with tert-alkyl or cyclic N) is 1. The first-order valence-electron chi connectivity index (χ1n) is 8.23. The van der Waals surface area contributed by atoms with Crippen LogP contribution in [0.4, 0.5) is 5.82 Å². The molecule has 2 fully saturated rings. The molecule has 23 heavy (non-hydrogen) atoms. The highest BCUT2D eigenvalue weighted by Gasteiger charge is 2.34. The summed E-state index contributed by atoms with van der Waals surface area (Å²) in [7, 11) is 0. The van der Waals surface area contributed by atoms with Gasteiger partial charge in [-0.05, 0) is 31.9 Å². The van der Waals surface area contributed by atoms with Gasteiger partial charge in [-0.25, -0.2) is 4.98 Å². The Hall–Kier alpha value is -1.68. The summed E-state index contributed by atoms with van der Waals surface area (Å²) in [5, 5.41) is 20.1. The van der Waals surface area contributed by atoms with Crippen LogP contribution in [-0.2, 0) is 4.74 Å². The van der Waals surface area contributed by atoms with Crippen LogP contribution in [0.2, 0.25) is 0 Å².